The molecule has 0 aromatic heterocycles. The summed E-state index contributed by atoms with van der Waals surface area (Å²) in [6.07, 6.45) is 2.07. The van der Waals surface area contributed by atoms with Crippen LogP contribution >= 0.6 is 28.3 Å². The standard InChI is InChI=1S/C16H22BrN3O2.ClH/c17-14-5-1-3-12(9-14)10-15(21)20-8-2-4-13(11-20)16(22)19-7-6-18;/h1,3,5,9,13H,2,4,6-8,10-11,18H2,(H,19,22);1H. The van der Waals surface area contributed by atoms with Crippen LogP contribution in [0.4, 0.5) is 0 Å². The second-order valence-corrected chi connectivity index (χ2v) is 6.48. The molecule has 1 atom stereocenters. The highest BCUT2D eigenvalue weighted by atomic mass is 79.9. The number of nitrogens with two attached hydrogens (primary N) is 1. The topological polar surface area (TPSA) is 75.4 Å². The molecule has 1 heterocycles. The maximum atomic E-state index is 12.4. The molecule has 1 aliphatic heterocycles. The molecule has 1 unspecified atom stereocenters. The quantitative estimate of drug-likeness (QED) is 0.785. The lowest BCUT2D eigenvalue weighted by Gasteiger charge is -2.32. The van der Waals surface area contributed by atoms with Gasteiger partial charge >= 0.3 is 0 Å². The van der Waals surface area contributed by atoms with Gasteiger partial charge in [0.2, 0.25) is 11.8 Å². The molecule has 1 aromatic rings. The molecule has 1 saturated heterocycles. The number of rotatable bonds is 5. The number of halogens is 2. The molecular weight excluding hydrogens is 382 g/mol. The number of nitrogens with zero attached hydrogens (tertiary/aromatic N) is 1. The van der Waals surface area contributed by atoms with Gasteiger partial charge in [0.15, 0.2) is 0 Å². The molecule has 1 aliphatic rings. The number of piperidine rings is 1. The first kappa shape index (κ1) is 19.9. The molecule has 128 valence electrons. The molecule has 0 radical (unpaired) electrons. The van der Waals surface area contributed by atoms with Gasteiger partial charge in [-0.2, -0.15) is 0 Å². The molecule has 1 aromatic carbocycles. The molecular formula is C16H23BrClN3O2. The molecule has 0 bridgehead atoms. The van der Waals surface area contributed by atoms with Crippen LogP contribution in [0.25, 0.3) is 0 Å². The van der Waals surface area contributed by atoms with Gasteiger partial charge in [-0.1, -0.05) is 28.1 Å². The van der Waals surface area contributed by atoms with Crippen LogP contribution in [0.15, 0.2) is 28.7 Å². The monoisotopic (exact) mass is 403 g/mol. The minimum Gasteiger partial charge on any atom is -0.355 e. The first-order valence-corrected chi connectivity index (χ1v) is 8.39. The van der Waals surface area contributed by atoms with E-state index in [2.05, 4.69) is 21.2 Å². The van der Waals surface area contributed by atoms with Crippen molar-refractivity contribution in [3.8, 4) is 0 Å². The number of carbonyl (C=O) groups is 2. The zero-order valence-electron chi connectivity index (χ0n) is 13.0. The van der Waals surface area contributed by atoms with Crippen molar-refractivity contribution in [2.75, 3.05) is 26.2 Å². The first-order valence-electron chi connectivity index (χ1n) is 7.60. The van der Waals surface area contributed by atoms with E-state index in [0.29, 0.717) is 26.1 Å². The van der Waals surface area contributed by atoms with Crippen molar-refractivity contribution >= 4 is 40.2 Å². The van der Waals surface area contributed by atoms with Crippen molar-refractivity contribution in [3.63, 3.8) is 0 Å². The Labute approximate surface area is 151 Å². The van der Waals surface area contributed by atoms with Gasteiger partial charge in [0.05, 0.1) is 12.3 Å². The summed E-state index contributed by atoms with van der Waals surface area (Å²) in [5, 5.41) is 2.81. The number of hydrogen-bond acceptors (Lipinski definition) is 3. The average Bonchev–Trinajstić information content (AvgIpc) is 2.52. The Morgan fingerprint density at radius 2 is 2.17 bits per heavy atom. The van der Waals surface area contributed by atoms with Crippen LogP contribution in [0.5, 0.6) is 0 Å². The molecule has 2 amide bonds. The Morgan fingerprint density at radius 3 is 2.87 bits per heavy atom. The van der Waals surface area contributed by atoms with Crippen LogP contribution in [0, 0.1) is 5.92 Å². The number of amides is 2. The van der Waals surface area contributed by atoms with Crippen LogP contribution < -0.4 is 11.1 Å². The fourth-order valence-electron chi connectivity index (χ4n) is 2.69. The molecule has 3 N–H and O–H groups in total. The van der Waals surface area contributed by atoms with Crippen molar-refractivity contribution in [2.45, 2.75) is 19.3 Å². The van der Waals surface area contributed by atoms with E-state index in [-0.39, 0.29) is 30.1 Å². The third-order valence-electron chi connectivity index (χ3n) is 3.83. The highest BCUT2D eigenvalue weighted by Gasteiger charge is 2.28. The van der Waals surface area contributed by atoms with Crippen molar-refractivity contribution in [2.24, 2.45) is 11.7 Å². The second-order valence-electron chi connectivity index (χ2n) is 5.57. The summed E-state index contributed by atoms with van der Waals surface area (Å²) in [5.41, 5.74) is 6.38. The lowest BCUT2D eigenvalue weighted by atomic mass is 9.96. The normalized spacial score (nSPS) is 17.3. The number of nitrogens with one attached hydrogen (secondary N) is 1. The lowest BCUT2D eigenvalue weighted by Crippen LogP contribution is -2.46. The molecule has 0 saturated carbocycles. The number of likely N-dealkylation sites (tertiary alicyclic amines) is 1. The summed E-state index contributed by atoms with van der Waals surface area (Å²) in [7, 11) is 0. The molecule has 1 fully saturated rings. The van der Waals surface area contributed by atoms with Gasteiger partial charge in [-0.05, 0) is 30.5 Å². The zero-order chi connectivity index (χ0) is 15.9. The van der Waals surface area contributed by atoms with Gasteiger partial charge < -0.3 is 16.0 Å². The Morgan fingerprint density at radius 1 is 1.39 bits per heavy atom. The van der Waals surface area contributed by atoms with Crippen molar-refractivity contribution in [1.82, 2.24) is 10.2 Å². The second kappa shape index (κ2) is 9.90. The Balaban J connectivity index is 0.00000264. The third-order valence-corrected chi connectivity index (χ3v) is 4.33. The zero-order valence-corrected chi connectivity index (χ0v) is 15.4. The smallest absolute Gasteiger partial charge is 0.227 e. The van der Waals surface area contributed by atoms with E-state index < -0.39 is 0 Å². The number of benzene rings is 1. The Hall–Kier alpha value is -1.11. The third kappa shape index (κ3) is 6.12. The number of carbonyl (C=O) groups excluding carboxylic acids is 2. The van der Waals surface area contributed by atoms with Crippen LogP contribution in [0.2, 0.25) is 0 Å². The summed E-state index contributed by atoms with van der Waals surface area (Å²) < 4.78 is 0.968. The highest BCUT2D eigenvalue weighted by Crippen LogP contribution is 2.18. The van der Waals surface area contributed by atoms with Gasteiger partial charge in [-0.15, -0.1) is 12.4 Å². The fourth-order valence-corrected chi connectivity index (χ4v) is 3.14. The van der Waals surface area contributed by atoms with Gasteiger partial charge in [0, 0.05) is 30.7 Å². The van der Waals surface area contributed by atoms with Crippen LogP contribution in [-0.2, 0) is 16.0 Å². The summed E-state index contributed by atoms with van der Waals surface area (Å²) in [6.45, 7) is 2.15. The van der Waals surface area contributed by atoms with Crippen LogP contribution in [-0.4, -0.2) is 42.9 Å². The molecule has 0 spiro atoms. The van der Waals surface area contributed by atoms with E-state index in [1.807, 2.05) is 24.3 Å². The van der Waals surface area contributed by atoms with E-state index in [1.165, 1.54) is 0 Å². The van der Waals surface area contributed by atoms with E-state index >= 15 is 0 Å². The minimum absolute atomic E-state index is 0. The maximum Gasteiger partial charge on any atom is 0.227 e. The van der Waals surface area contributed by atoms with E-state index in [1.54, 1.807) is 4.90 Å². The van der Waals surface area contributed by atoms with Crippen molar-refractivity contribution < 1.29 is 9.59 Å². The van der Waals surface area contributed by atoms with E-state index in [4.69, 9.17) is 5.73 Å². The Kier molecular flexibility index (Phi) is 8.58. The van der Waals surface area contributed by atoms with Gasteiger partial charge in [0.1, 0.15) is 0 Å². The predicted octanol–water partition coefficient (Wildman–Crippen LogP) is 1.73. The van der Waals surface area contributed by atoms with Crippen molar-refractivity contribution in [1.29, 1.82) is 0 Å². The summed E-state index contributed by atoms with van der Waals surface area (Å²) in [6, 6.07) is 7.75. The maximum absolute atomic E-state index is 12.4. The van der Waals surface area contributed by atoms with Crippen LogP contribution in [0.1, 0.15) is 18.4 Å². The first-order chi connectivity index (χ1) is 10.6. The number of hydrogen-bond donors (Lipinski definition) is 2. The average molecular weight is 405 g/mol. The minimum atomic E-state index is -0.119. The van der Waals surface area contributed by atoms with E-state index in [0.717, 1.165) is 29.4 Å². The van der Waals surface area contributed by atoms with Gasteiger partial charge in [0.25, 0.3) is 0 Å². The molecule has 5 nitrogen and oxygen atoms in total. The van der Waals surface area contributed by atoms with Crippen molar-refractivity contribution in [3.05, 3.63) is 34.3 Å². The molecule has 23 heavy (non-hydrogen) atoms. The molecule has 2 rings (SSSR count). The summed E-state index contributed by atoms with van der Waals surface area (Å²) >= 11 is 3.41. The highest BCUT2D eigenvalue weighted by molar-refractivity contribution is 9.10. The lowest BCUT2D eigenvalue weighted by molar-refractivity contribution is -0.135. The Bertz CT molecular complexity index is 542. The summed E-state index contributed by atoms with van der Waals surface area (Å²) in [4.78, 5) is 26.2. The van der Waals surface area contributed by atoms with Gasteiger partial charge in [-0.25, -0.2) is 0 Å². The molecule has 0 aliphatic carbocycles. The fraction of sp³-hybridized carbons (Fsp3) is 0.500. The van der Waals surface area contributed by atoms with Gasteiger partial charge in [-0.3, -0.25) is 9.59 Å². The largest absolute Gasteiger partial charge is 0.355 e. The SMILES string of the molecule is Cl.NCCNC(=O)C1CCCN(C(=O)Cc2cccc(Br)c2)C1. The molecule has 7 heteroatoms. The predicted molar refractivity (Wildman–Crippen MR) is 96.5 cm³/mol. The van der Waals surface area contributed by atoms with Crippen LogP contribution in [0.3, 0.4) is 0 Å². The summed E-state index contributed by atoms with van der Waals surface area (Å²) in [5.74, 6) is -0.0356. The van der Waals surface area contributed by atoms with E-state index in [9.17, 15) is 9.59 Å².